The molecule has 0 aromatic heterocycles. The molecule has 22 heavy (non-hydrogen) atoms. The van der Waals surface area contributed by atoms with Gasteiger partial charge in [0.05, 0.1) is 11.2 Å². The molecular weight excluding hydrogens is 287 g/mol. The van der Waals surface area contributed by atoms with Gasteiger partial charge in [0.1, 0.15) is 0 Å². The molecule has 0 aliphatic carbocycles. The molecule has 120 valence electrons. The maximum atomic E-state index is 12.8. The number of para-hydroxylation sites is 1. The molecule has 3 nitrogen and oxygen atoms in total. The van der Waals surface area contributed by atoms with Crippen molar-refractivity contribution in [3.8, 4) is 0 Å². The zero-order valence-electron chi connectivity index (χ0n) is 13.4. The standard InChI is InChI=1S/C16H22BF2NO2/c1-15(2)16(3,4)22-17(21-15)12(10-14(18)19)11-20-13-8-6-5-7-9-13/h5-10,12,20H,11H2,1-4H3/t12-/m0/s1. The fourth-order valence-corrected chi connectivity index (χ4v) is 2.25. The van der Waals surface area contributed by atoms with Crippen LogP contribution in [-0.2, 0) is 9.31 Å². The number of hydrogen-bond acceptors (Lipinski definition) is 3. The minimum Gasteiger partial charge on any atom is -0.403 e. The third kappa shape index (κ3) is 3.87. The second-order valence-corrected chi connectivity index (χ2v) is 6.49. The van der Waals surface area contributed by atoms with E-state index in [9.17, 15) is 8.78 Å². The molecule has 2 rings (SSSR count). The monoisotopic (exact) mass is 309 g/mol. The summed E-state index contributed by atoms with van der Waals surface area (Å²) >= 11 is 0. The zero-order valence-corrected chi connectivity index (χ0v) is 13.4. The van der Waals surface area contributed by atoms with Crippen LogP contribution in [0.2, 0.25) is 5.82 Å². The van der Waals surface area contributed by atoms with Gasteiger partial charge in [0.15, 0.2) is 0 Å². The van der Waals surface area contributed by atoms with Crippen LogP contribution in [0.3, 0.4) is 0 Å². The molecule has 1 aliphatic rings. The average molecular weight is 309 g/mol. The van der Waals surface area contributed by atoms with Crippen LogP contribution in [0.4, 0.5) is 14.5 Å². The van der Waals surface area contributed by atoms with Crippen LogP contribution in [0, 0.1) is 0 Å². The second kappa shape index (κ2) is 6.38. The lowest BCUT2D eigenvalue weighted by atomic mass is 9.71. The van der Waals surface area contributed by atoms with E-state index in [4.69, 9.17) is 9.31 Å². The van der Waals surface area contributed by atoms with Crippen molar-refractivity contribution in [1.82, 2.24) is 0 Å². The van der Waals surface area contributed by atoms with Crippen molar-refractivity contribution in [2.75, 3.05) is 11.9 Å². The first-order valence-electron chi connectivity index (χ1n) is 7.39. The minimum atomic E-state index is -1.73. The molecule has 0 radical (unpaired) electrons. The molecule has 1 aromatic carbocycles. The SMILES string of the molecule is CC1(C)OB([C@@H](C=C(F)F)CNc2ccccc2)OC1(C)C. The molecule has 1 atom stereocenters. The summed E-state index contributed by atoms with van der Waals surface area (Å²) in [4.78, 5) is 0. The second-order valence-electron chi connectivity index (χ2n) is 6.49. The normalized spacial score (nSPS) is 20.5. The zero-order chi connectivity index (χ0) is 16.4. The van der Waals surface area contributed by atoms with Crippen molar-refractivity contribution in [1.29, 1.82) is 0 Å². The van der Waals surface area contributed by atoms with Crippen molar-refractivity contribution in [2.24, 2.45) is 0 Å². The molecule has 0 saturated carbocycles. The molecule has 0 amide bonds. The van der Waals surface area contributed by atoms with Gasteiger partial charge in [-0.15, -0.1) is 0 Å². The summed E-state index contributed by atoms with van der Waals surface area (Å²) in [6, 6.07) is 9.45. The Hall–Kier alpha value is -1.40. The van der Waals surface area contributed by atoms with E-state index in [0.29, 0.717) is 6.54 Å². The number of halogens is 2. The van der Waals surface area contributed by atoms with Gasteiger partial charge in [-0.2, -0.15) is 8.78 Å². The highest BCUT2D eigenvalue weighted by Gasteiger charge is 2.53. The van der Waals surface area contributed by atoms with E-state index in [2.05, 4.69) is 5.32 Å². The molecule has 1 heterocycles. The predicted molar refractivity (Wildman–Crippen MR) is 85.1 cm³/mol. The van der Waals surface area contributed by atoms with E-state index in [-0.39, 0.29) is 0 Å². The van der Waals surface area contributed by atoms with Gasteiger partial charge >= 0.3 is 7.12 Å². The third-order valence-electron chi connectivity index (χ3n) is 4.28. The van der Waals surface area contributed by atoms with Crippen molar-refractivity contribution in [3.05, 3.63) is 42.5 Å². The van der Waals surface area contributed by atoms with E-state index < -0.39 is 30.2 Å². The van der Waals surface area contributed by atoms with Crippen LogP contribution in [0.25, 0.3) is 0 Å². The lowest BCUT2D eigenvalue weighted by Crippen LogP contribution is -2.41. The smallest absolute Gasteiger partial charge is 0.403 e. The molecule has 1 N–H and O–H groups in total. The molecule has 1 saturated heterocycles. The Labute approximate surface area is 130 Å². The predicted octanol–water partition coefficient (Wildman–Crippen LogP) is 4.34. The van der Waals surface area contributed by atoms with E-state index in [0.717, 1.165) is 11.8 Å². The number of anilines is 1. The van der Waals surface area contributed by atoms with E-state index >= 15 is 0 Å². The number of rotatable bonds is 5. The Bertz CT molecular complexity index is 514. The van der Waals surface area contributed by atoms with Gasteiger partial charge in [-0.3, -0.25) is 0 Å². The largest absolute Gasteiger partial charge is 0.467 e. The maximum absolute atomic E-state index is 12.8. The lowest BCUT2D eigenvalue weighted by Gasteiger charge is -2.32. The molecule has 1 aliphatic heterocycles. The number of hydrogen-bond donors (Lipinski definition) is 1. The van der Waals surface area contributed by atoms with Gasteiger partial charge in [-0.1, -0.05) is 18.2 Å². The summed E-state index contributed by atoms with van der Waals surface area (Å²) in [5, 5.41) is 3.14. The van der Waals surface area contributed by atoms with Gasteiger partial charge in [-0.25, -0.2) is 0 Å². The van der Waals surface area contributed by atoms with Crippen LogP contribution < -0.4 is 5.32 Å². The molecule has 0 spiro atoms. The Morgan fingerprint density at radius 3 is 2.18 bits per heavy atom. The molecule has 6 heteroatoms. The first-order chi connectivity index (χ1) is 10.2. The van der Waals surface area contributed by atoms with E-state index in [1.54, 1.807) is 0 Å². The van der Waals surface area contributed by atoms with Crippen molar-refractivity contribution in [3.63, 3.8) is 0 Å². The molecule has 0 unspecified atom stereocenters. The Morgan fingerprint density at radius 2 is 1.68 bits per heavy atom. The topological polar surface area (TPSA) is 30.5 Å². The number of benzene rings is 1. The molecule has 1 aromatic rings. The summed E-state index contributed by atoms with van der Waals surface area (Å²) < 4.78 is 37.3. The number of nitrogens with one attached hydrogen (secondary N) is 1. The third-order valence-corrected chi connectivity index (χ3v) is 4.28. The van der Waals surface area contributed by atoms with Crippen molar-refractivity contribution < 1.29 is 18.1 Å². The van der Waals surface area contributed by atoms with Crippen LogP contribution in [0.5, 0.6) is 0 Å². The summed E-state index contributed by atoms with van der Waals surface area (Å²) in [6.07, 6.45) is -0.826. The highest BCUT2D eigenvalue weighted by molar-refractivity contribution is 6.48. The Morgan fingerprint density at radius 1 is 1.14 bits per heavy atom. The highest BCUT2D eigenvalue weighted by Crippen LogP contribution is 2.40. The first-order valence-corrected chi connectivity index (χ1v) is 7.39. The maximum Gasteiger partial charge on any atom is 0.467 e. The fraction of sp³-hybridized carbons (Fsp3) is 0.500. The van der Waals surface area contributed by atoms with Gasteiger partial charge in [0.25, 0.3) is 6.08 Å². The minimum absolute atomic E-state index is 0.304. The highest BCUT2D eigenvalue weighted by atomic mass is 19.3. The van der Waals surface area contributed by atoms with Crippen LogP contribution >= 0.6 is 0 Å². The summed E-state index contributed by atoms with van der Waals surface area (Å²) in [5.41, 5.74) is -0.205. The summed E-state index contributed by atoms with van der Waals surface area (Å²) in [6.45, 7) is 7.93. The summed E-state index contributed by atoms with van der Waals surface area (Å²) in [5.74, 6) is -0.578. The first kappa shape index (κ1) is 17.0. The molecular formula is C16H22BF2NO2. The van der Waals surface area contributed by atoms with Crippen LogP contribution in [0.15, 0.2) is 42.5 Å². The van der Waals surface area contributed by atoms with Crippen LogP contribution in [0.1, 0.15) is 27.7 Å². The quantitative estimate of drug-likeness (QED) is 0.821. The van der Waals surface area contributed by atoms with Crippen LogP contribution in [-0.4, -0.2) is 24.9 Å². The molecule has 1 fully saturated rings. The van der Waals surface area contributed by atoms with Gasteiger partial charge in [0, 0.05) is 18.0 Å². The average Bonchev–Trinajstić information content (AvgIpc) is 2.64. The van der Waals surface area contributed by atoms with Crippen molar-refractivity contribution >= 4 is 12.8 Å². The summed E-state index contributed by atoms with van der Waals surface area (Å²) in [7, 11) is -0.706. The Kier molecular flexibility index (Phi) is 4.92. The lowest BCUT2D eigenvalue weighted by molar-refractivity contribution is 0.00578. The van der Waals surface area contributed by atoms with Gasteiger partial charge < -0.3 is 14.6 Å². The van der Waals surface area contributed by atoms with Crippen molar-refractivity contribution in [2.45, 2.75) is 44.7 Å². The fourth-order valence-electron chi connectivity index (χ4n) is 2.25. The van der Waals surface area contributed by atoms with E-state index in [1.165, 1.54) is 0 Å². The van der Waals surface area contributed by atoms with Gasteiger partial charge in [0.2, 0.25) is 0 Å². The molecule has 0 bridgehead atoms. The van der Waals surface area contributed by atoms with E-state index in [1.807, 2.05) is 58.0 Å². The van der Waals surface area contributed by atoms with Gasteiger partial charge in [-0.05, 0) is 45.9 Å². The Balaban J connectivity index is 2.09.